The largest absolute Gasteiger partial charge is 0.497 e. The van der Waals surface area contributed by atoms with Crippen LogP contribution in [0.15, 0.2) is 53.4 Å². The quantitative estimate of drug-likeness (QED) is 0.664. The van der Waals surface area contributed by atoms with Crippen LogP contribution >= 0.6 is 11.6 Å². The summed E-state index contributed by atoms with van der Waals surface area (Å²) in [5, 5.41) is 3.22. The molecule has 2 N–H and O–H groups in total. The molecular weight excluding hydrogens is 388 g/mol. The smallest absolute Gasteiger partial charge is 0.241 e. The lowest BCUT2D eigenvalue weighted by Gasteiger charge is -2.19. The van der Waals surface area contributed by atoms with Gasteiger partial charge in [-0.15, -0.1) is 0 Å². The lowest BCUT2D eigenvalue weighted by atomic mass is 10.0. The molecule has 146 valence electrons. The van der Waals surface area contributed by atoms with Gasteiger partial charge in [0.15, 0.2) is 0 Å². The first-order chi connectivity index (χ1) is 12.9. The third kappa shape index (κ3) is 6.23. The zero-order valence-electron chi connectivity index (χ0n) is 15.2. The van der Waals surface area contributed by atoms with Gasteiger partial charge in [-0.25, -0.2) is 13.1 Å². The van der Waals surface area contributed by atoms with Crippen LogP contribution in [0.5, 0.6) is 5.75 Å². The maximum atomic E-state index is 12.7. The number of halogens is 1. The van der Waals surface area contributed by atoms with E-state index < -0.39 is 16.1 Å². The second-order valence-electron chi connectivity index (χ2n) is 5.96. The Morgan fingerprint density at radius 2 is 1.74 bits per heavy atom. The van der Waals surface area contributed by atoms with E-state index in [-0.39, 0.29) is 17.2 Å². The minimum atomic E-state index is -3.83. The van der Waals surface area contributed by atoms with Crippen molar-refractivity contribution in [3.63, 3.8) is 0 Å². The molecule has 2 aromatic carbocycles. The highest BCUT2D eigenvalue weighted by atomic mass is 35.5. The molecule has 0 fully saturated rings. The zero-order chi connectivity index (χ0) is 19.9. The first kappa shape index (κ1) is 21.2. The predicted molar refractivity (Wildman–Crippen MR) is 105 cm³/mol. The van der Waals surface area contributed by atoms with E-state index in [1.54, 1.807) is 31.4 Å². The third-order valence-electron chi connectivity index (χ3n) is 3.90. The Morgan fingerprint density at radius 1 is 1.11 bits per heavy atom. The molecule has 6 nitrogen and oxygen atoms in total. The molecule has 2 aromatic rings. The van der Waals surface area contributed by atoms with Gasteiger partial charge in [-0.2, -0.15) is 0 Å². The molecule has 0 heterocycles. The van der Waals surface area contributed by atoms with Gasteiger partial charge in [-0.05, 0) is 48.4 Å². The molecule has 0 saturated carbocycles. The zero-order valence-corrected chi connectivity index (χ0v) is 16.8. The number of sulfonamides is 1. The standard InChI is InChI=1S/C19H23ClN2O4S/c1-3-12-21-19(23)13-18(14-4-8-16(26-2)9-5-14)22-27(24,25)17-10-6-15(20)7-11-17/h4-11,18,22H,3,12-13H2,1-2H3,(H,21,23)/t18-/m1/s1. The van der Waals surface area contributed by atoms with Crippen LogP contribution in [0, 0.1) is 0 Å². The maximum absolute atomic E-state index is 12.7. The molecule has 0 aliphatic carbocycles. The summed E-state index contributed by atoms with van der Waals surface area (Å²) in [5.74, 6) is 0.421. The Morgan fingerprint density at radius 3 is 2.30 bits per heavy atom. The Labute approximate surface area is 164 Å². The lowest BCUT2D eigenvalue weighted by Crippen LogP contribution is -2.34. The minimum Gasteiger partial charge on any atom is -0.497 e. The molecule has 0 saturated heterocycles. The van der Waals surface area contributed by atoms with Crippen molar-refractivity contribution in [3.05, 3.63) is 59.1 Å². The highest BCUT2D eigenvalue weighted by molar-refractivity contribution is 7.89. The fourth-order valence-electron chi connectivity index (χ4n) is 2.45. The van der Waals surface area contributed by atoms with Crippen molar-refractivity contribution in [1.82, 2.24) is 10.0 Å². The van der Waals surface area contributed by atoms with Crippen molar-refractivity contribution in [2.24, 2.45) is 0 Å². The van der Waals surface area contributed by atoms with Crippen LogP contribution in [-0.4, -0.2) is 28.0 Å². The van der Waals surface area contributed by atoms with Crippen LogP contribution in [0.3, 0.4) is 0 Å². The summed E-state index contributed by atoms with van der Waals surface area (Å²) in [4.78, 5) is 12.3. The van der Waals surface area contributed by atoms with Gasteiger partial charge >= 0.3 is 0 Å². The molecule has 0 spiro atoms. The van der Waals surface area contributed by atoms with E-state index in [9.17, 15) is 13.2 Å². The maximum Gasteiger partial charge on any atom is 0.241 e. The van der Waals surface area contributed by atoms with Crippen LogP contribution in [0.4, 0.5) is 0 Å². The third-order valence-corrected chi connectivity index (χ3v) is 5.64. The van der Waals surface area contributed by atoms with Gasteiger partial charge in [0.1, 0.15) is 5.75 Å². The second kappa shape index (κ2) is 9.73. The molecule has 1 amide bonds. The average Bonchev–Trinajstić information content (AvgIpc) is 2.66. The number of hydrogen-bond acceptors (Lipinski definition) is 4. The molecule has 27 heavy (non-hydrogen) atoms. The average molecular weight is 411 g/mol. The number of nitrogens with one attached hydrogen (secondary N) is 2. The highest BCUT2D eigenvalue weighted by Crippen LogP contribution is 2.23. The summed E-state index contributed by atoms with van der Waals surface area (Å²) in [6.07, 6.45) is 0.786. The van der Waals surface area contributed by atoms with E-state index in [4.69, 9.17) is 16.3 Å². The molecule has 0 radical (unpaired) electrons. The number of ether oxygens (including phenoxy) is 1. The van der Waals surface area contributed by atoms with Gasteiger partial charge in [0.25, 0.3) is 0 Å². The van der Waals surface area contributed by atoms with Gasteiger partial charge in [-0.3, -0.25) is 4.79 Å². The molecule has 0 aliphatic heterocycles. The van der Waals surface area contributed by atoms with E-state index in [1.807, 2.05) is 6.92 Å². The van der Waals surface area contributed by atoms with Gasteiger partial charge in [-0.1, -0.05) is 30.7 Å². The number of benzene rings is 2. The Hall–Kier alpha value is -2.09. The van der Waals surface area contributed by atoms with E-state index in [2.05, 4.69) is 10.0 Å². The first-order valence-electron chi connectivity index (χ1n) is 8.54. The topological polar surface area (TPSA) is 84.5 Å². The van der Waals surface area contributed by atoms with Gasteiger partial charge in [0.2, 0.25) is 15.9 Å². The van der Waals surface area contributed by atoms with E-state index in [0.29, 0.717) is 22.9 Å². The summed E-state index contributed by atoms with van der Waals surface area (Å²) >= 11 is 5.83. The van der Waals surface area contributed by atoms with Crippen LogP contribution < -0.4 is 14.8 Å². The minimum absolute atomic E-state index is 0.0147. The summed E-state index contributed by atoms with van der Waals surface area (Å²) < 4.78 is 33.2. The highest BCUT2D eigenvalue weighted by Gasteiger charge is 2.23. The first-order valence-corrected chi connectivity index (χ1v) is 10.4. The van der Waals surface area contributed by atoms with E-state index >= 15 is 0 Å². The Kier molecular flexibility index (Phi) is 7.65. The number of carbonyl (C=O) groups is 1. The van der Waals surface area contributed by atoms with Crippen LogP contribution in [0.2, 0.25) is 5.02 Å². The molecule has 0 bridgehead atoms. The van der Waals surface area contributed by atoms with Crippen LogP contribution in [-0.2, 0) is 14.8 Å². The monoisotopic (exact) mass is 410 g/mol. The molecule has 0 aromatic heterocycles. The summed E-state index contributed by atoms with van der Waals surface area (Å²) in [6, 6.07) is 12.1. The number of amides is 1. The van der Waals surface area contributed by atoms with Crippen LogP contribution in [0.25, 0.3) is 0 Å². The molecule has 0 unspecified atom stereocenters. The number of methoxy groups -OCH3 is 1. The molecule has 0 aliphatic rings. The van der Waals surface area contributed by atoms with Gasteiger partial charge in [0.05, 0.1) is 18.0 Å². The normalized spacial score (nSPS) is 12.4. The Balaban J connectivity index is 2.27. The van der Waals surface area contributed by atoms with Crippen molar-refractivity contribution in [2.75, 3.05) is 13.7 Å². The van der Waals surface area contributed by atoms with Crippen molar-refractivity contribution in [3.8, 4) is 5.75 Å². The molecule has 8 heteroatoms. The van der Waals surface area contributed by atoms with E-state index in [0.717, 1.165) is 6.42 Å². The van der Waals surface area contributed by atoms with Crippen molar-refractivity contribution in [2.45, 2.75) is 30.7 Å². The number of rotatable bonds is 9. The summed E-state index contributed by atoms with van der Waals surface area (Å²) in [6.45, 7) is 2.49. The lowest BCUT2D eigenvalue weighted by molar-refractivity contribution is -0.121. The van der Waals surface area contributed by atoms with Crippen molar-refractivity contribution < 1.29 is 17.9 Å². The SMILES string of the molecule is CCCNC(=O)C[C@@H](NS(=O)(=O)c1ccc(Cl)cc1)c1ccc(OC)cc1. The van der Waals surface area contributed by atoms with Crippen molar-refractivity contribution in [1.29, 1.82) is 0 Å². The number of carbonyl (C=O) groups excluding carboxylic acids is 1. The summed E-state index contributed by atoms with van der Waals surface area (Å²) in [5.41, 5.74) is 0.667. The van der Waals surface area contributed by atoms with Crippen LogP contribution in [0.1, 0.15) is 31.4 Å². The van der Waals surface area contributed by atoms with Gasteiger partial charge in [0, 0.05) is 18.0 Å². The van der Waals surface area contributed by atoms with E-state index in [1.165, 1.54) is 24.3 Å². The summed E-state index contributed by atoms with van der Waals surface area (Å²) in [7, 11) is -2.28. The predicted octanol–water partition coefficient (Wildman–Crippen LogP) is 3.28. The van der Waals surface area contributed by atoms with Gasteiger partial charge < -0.3 is 10.1 Å². The Bertz CT molecular complexity index is 852. The molecule has 1 atom stereocenters. The van der Waals surface area contributed by atoms with Crippen molar-refractivity contribution >= 4 is 27.5 Å². The number of hydrogen-bond donors (Lipinski definition) is 2. The fraction of sp³-hybridized carbons (Fsp3) is 0.316. The molecule has 2 rings (SSSR count). The fourth-order valence-corrected chi connectivity index (χ4v) is 3.81. The molecular formula is C19H23ClN2O4S. The second-order valence-corrected chi connectivity index (χ2v) is 8.11.